The maximum Gasteiger partial charge on any atom is 0.257 e. The lowest BCUT2D eigenvalue weighted by Gasteiger charge is -2.25. The number of hydrogen-bond donors (Lipinski definition) is 1. The van der Waals surface area contributed by atoms with Crippen LogP contribution in [0.2, 0.25) is 0 Å². The standard InChI is InChI=1S/C15H19FN2O2.ClH/c1-20-14-5-2-10(16)8-13(14)15(19)18-7-6-11-3-4-12(9-18)17-11;/h2,5,8,11-12,17H,3-4,6-7,9H2,1H3;1H. The van der Waals surface area contributed by atoms with E-state index in [-0.39, 0.29) is 18.3 Å². The van der Waals surface area contributed by atoms with Crippen molar-refractivity contribution in [2.45, 2.75) is 31.3 Å². The van der Waals surface area contributed by atoms with Crippen molar-refractivity contribution in [1.82, 2.24) is 10.2 Å². The molecule has 116 valence electrons. The van der Waals surface area contributed by atoms with Gasteiger partial charge in [-0.25, -0.2) is 4.39 Å². The van der Waals surface area contributed by atoms with E-state index in [0.717, 1.165) is 12.8 Å². The van der Waals surface area contributed by atoms with Gasteiger partial charge in [0.2, 0.25) is 0 Å². The van der Waals surface area contributed by atoms with Crippen LogP contribution in [-0.4, -0.2) is 43.1 Å². The molecular weight excluding hydrogens is 295 g/mol. The van der Waals surface area contributed by atoms with E-state index in [2.05, 4.69) is 5.32 Å². The minimum Gasteiger partial charge on any atom is -0.496 e. The van der Waals surface area contributed by atoms with Gasteiger partial charge in [-0.15, -0.1) is 12.4 Å². The van der Waals surface area contributed by atoms with Crippen LogP contribution in [0.3, 0.4) is 0 Å². The second-order valence-electron chi connectivity index (χ2n) is 5.52. The minimum atomic E-state index is -0.413. The summed E-state index contributed by atoms with van der Waals surface area (Å²) in [5, 5.41) is 3.53. The zero-order valence-electron chi connectivity index (χ0n) is 12.0. The number of rotatable bonds is 2. The predicted octanol–water partition coefficient (Wildman–Crippen LogP) is 2.22. The summed E-state index contributed by atoms with van der Waals surface area (Å²) >= 11 is 0. The van der Waals surface area contributed by atoms with Crippen LogP contribution in [0.5, 0.6) is 5.75 Å². The molecule has 0 aromatic heterocycles. The molecule has 21 heavy (non-hydrogen) atoms. The first kappa shape index (κ1) is 16.0. The lowest BCUT2D eigenvalue weighted by Crippen LogP contribution is -2.39. The van der Waals surface area contributed by atoms with Crippen molar-refractivity contribution >= 4 is 18.3 Å². The number of ether oxygens (including phenoxy) is 1. The molecule has 1 N–H and O–H groups in total. The van der Waals surface area contributed by atoms with Crippen molar-refractivity contribution in [3.63, 3.8) is 0 Å². The van der Waals surface area contributed by atoms with E-state index in [9.17, 15) is 9.18 Å². The van der Waals surface area contributed by atoms with Gasteiger partial charge in [-0.3, -0.25) is 4.79 Å². The molecule has 2 aliphatic heterocycles. The van der Waals surface area contributed by atoms with Crippen LogP contribution in [0, 0.1) is 5.82 Å². The van der Waals surface area contributed by atoms with E-state index in [4.69, 9.17) is 4.74 Å². The molecule has 0 radical (unpaired) electrons. The molecule has 4 nitrogen and oxygen atoms in total. The SMILES string of the molecule is COc1ccc(F)cc1C(=O)N1CCC2CCC(C1)N2.Cl. The second kappa shape index (κ2) is 6.62. The predicted molar refractivity (Wildman–Crippen MR) is 80.7 cm³/mol. The van der Waals surface area contributed by atoms with Gasteiger partial charge in [-0.1, -0.05) is 0 Å². The molecule has 1 aromatic carbocycles. The third-order valence-corrected chi connectivity index (χ3v) is 4.20. The summed E-state index contributed by atoms with van der Waals surface area (Å²) in [7, 11) is 1.50. The highest BCUT2D eigenvalue weighted by Gasteiger charge is 2.32. The van der Waals surface area contributed by atoms with Gasteiger partial charge in [-0.05, 0) is 37.5 Å². The highest BCUT2D eigenvalue weighted by Crippen LogP contribution is 2.25. The van der Waals surface area contributed by atoms with Gasteiger partial charge in [0.25, 0.3) is 5.91 Å². The van der Waals surface area contributed by atoms with Gasteiger partial charge in [0.1, 0.15) is 11.6 Å². The topological polar surface area (TPSA) is 41.6 Å². The summed E-state index contributed by atoms with van der Waals surface area (Å²) in [6.07, 6.45) is 3.25. The number of hydrogen-bond acceptors (Lipinski definition) is 3. The van der Waals surface area contributed by atoms with E-state index in [1.54, 1.807) is 0 Å². The first-order valence-electron chi connectivity index (χ1n) is 7.06. The number of benzene rings is 1. The lowest BCUT2D eigenvalue weighted by molar-refractivity contribution is 0.0744. The quantitative estimate of drug-likeness (QED) is 0.910. The fraction of sp³-hybridized carbons (Fsp3) is 0.533. The fourth-order valence-electron chi connectivity index (χ4n) is 3.15. The molecule has 2 atom stereocenters. The Hall–Kier alpha value is -1.33. The molecule has 3 rings (SSSR count). The number of fused-ring (bicyclic) bond motifs is 2. The molecule has 0 aliphatic carbocycles. The minimum absolute atomic E-state index is 0. The fourth-order valence-corrected chi connectivity index (χ4v) is 3.15. The Balaban J connectivity index is 0.00000161. The number of halogens is 2. The van der Waals surface area contributed by atoms with Gasteiger partial charge >= 0.3 is 0 Å². The monoisotopic (exact) mass is 314 g/mol. The van der Waals surface area contributed by atoms with Crippen molar-refractivity contribution < 1.29 is 13.9 Å². The van der Waals surface area contributed by atoms with Crippen molar-refractivity contribution in [2.75, 3.05) is 20.2 Å². The van der Waals surface area contributed by atoms with Crippen LogP contribution >= 0.6 is 12.4 Å². The Kier molecular flexibility index (Phi) is 5.06. The molecule has 2 bridgehead atoms. The number of carbonyl (C=O) groups excluding carboxylic acids is 1. The summed E-state index contributed by atoms with van der Waals surface area (Å²) in [6.45, 7) is 1.40. The van der Waals surface area contributed by atoms with E-state index >= 15 is 0 Å². The smallest absolute Gasteiger partial charge is 0.257 e. The highest BCUT2D eigenvalue weighted by atomic mass is 35.5. The second-order valence-corrected chi connectivity index (χ2v) is 5.52. The third kappa shape index (κ3) is 3.30. The summed E-state index contributed by atoms with van der Waals surface area (Å²) in [5.74, 6) is -0.127. The van der Waals surface area contributed by atoms with Crippen molar-refractivity contribution in [3.8, 4) is 5.75 Å². The van der Waals surface area contributed by atoms with Gasteiger partial charge in [0, 0.05) is 25.2 Å². The summed E-state index contributed by atoms with van der Waals surface area (Å²) in [6, 6.07) is 4.96. The van der Waals surface area contributed by atoms with Crippen molar-refractivity contribution in [2.24, 2.45) is 0 Å². The Morgan fingerprint density at radius 1 is 1.33 bits per heavy atom. The van der Waals surface area contributed by atoms with Crippen LogP contribution < -0.4 is 10.1 Å². The molecule has 2 fully saturated rings. The molecule has 2 saturated heterocycles. The third-order valence-electron chi connectivity index (χ3n) is 4.20. The van der Waals surface area contributed by atoms with E-state index in [1.807, 2.05) is 4.90 Å². The Morgan fingerprint density at radius 2 is 2.10 bits per heavy atom. The highest BCUT2D eigenvalue weighted by molar-refractivity contribution is 5.97. The van der Waals surface area contributed by atoms with Crippen LogP contribution in [-0.2, 0) is 0 Å². The van der Waals surface area contributed by atoms with Gasteiger partial charge < -0.3 is 15.0 Å². The zero-order chi connectivity index (χ0) is 14.1. The van der Waals surface area contributed by atoms with Gasteiger partial charge in [0.15, 0.2) is 0 Å². The van der Waals surface area contributed by atoms with Crippen LogP contribution in [0.4, 0.5) is 4.39 Å². The van der Waals surface area contributed by atoms with Gasteiger partial charge in [-0.2, -0.15) is 0 Å². The molecule has 2 unspecified atom stereocenters. The van der Waals surface area contributed by atoms with Crippen LogP contribution in [0.1, 0.15) is 29.6 Å². The van der Waals surface area contributed by atoms with E-state index in [1.165, 1.54) is 31.7 Å². The van der Waals surface area contributed by atoms with Crippen molar-refractivity contribution in [1.29, 1.82) is 0 Å². The zero-order valence-corrected chi connectivity index (χ0v) is 12.8. The summed E-state index contributed by atoms with van der Waals surface area (Å²) in [4.78, 5) is 14.4. The average molecular weight is 315 g/mol. The van der Waals surface area contributed by atoms with E-state index in [0.29, 0.717) is 36.5 Å². The largest absolute Gasteiger partial charge is 0.496 e. The number of nitrogens with one attached hydrogen (secondary N) is 1. The lowest BCUT2D eigenvalue weighted by atomic mass is 10.1. The van der Waals surface area contributed by atoms with Crippen molar-refractivity contribution in [3.05, 3.63) is 29.6 Å². The molecule has 1 aromatic rings. The van der Waals surface area contributed by atoms with Crippen LogP contribution in [0.15, 0.2) is 18.2 Å². The Labute approximate surface area is 130 Å². The molecule has 0 spiro atoms. The number of methoxy groups -OCH3 is 1. The maximum absolute atomic E-state index is 13.4. The normalized spacial score (nSPS) is 24.2. The number of amides is 1. The Morgan fingerprint density at radius 3 is 2.86 bits per heavy atom. The first-order chi connectivity index (χ1) is 9.67. The molecule has 1 amide bonds. The molecule has 6 heteroatoms. The molecular formula is C15H20ClFN2O2. The number of nitrogens with zero attached hydrogens (tertiary/aromatic N) is 1. The van der Waals surface area contributed by atoms with Crippen LogP contribution in [0.25, 0.3) is 0 Å². The summed E-state index contributed by atoms with van der Waals surface area (Å²) < 4.78 is 18.6. The van der Waals surface area contributed by atoms with Gasteiger partial charge in [0.05, 0.1) is 12.7 Å². The molecule has 2 heterocycles. The average Bonchev–Trinajstić information content (AvgIpc) is 2.77. The number of likely N-dealkylation sites (tertiary alicyclic amines) is 1. The Bertz CT molecular complexity index is 526. The first-order valence-corrected chi connectivity index (χ1v) is 7.06. The molecule has 2 aliphatic rings. The summed E-state index contributed by atoms with van der Waals surface area (Å²) in [5.41, 5.74) is 0.310. The maximum atomic E-state index is 13.4. The number of carbonyl (C=O) groups is 1. The molecule has 0 saturated carbocycles. The van der Waals surface area contributed by atoms with E-state index < -0.39 is 5.82 Å².